The topological polar surface area (TPSA) is 78.0 Å². The van der Waals surface area contributed by atoms with Gasteiger partial charge in [-0.3, -0.25) is 24.1 Å². The van der Waals surface area contributed by atoms with Crippen LogP contribution in [-0.4, -0.2) is 71.1 Å². The number of fused-ring (bicyclic) bond motifs is 1. The van der Waals surface area contributed by atoms with Crippen LogP contribution in [0.5, 0.6) is 0 Å². The van der Waals surface area contributed by atoms with E-state index in [-0.39, 0.29) is 35.7 Å². The van der Waals surface area contributed by atoms with Crippen molar-refractivity contribution in [3.63, 3.8) is 0 Å². The van der Waals surface area contributed by atoms with Crippen molar-refractivity contribution in [1.29, 1.82) is 0 Å². The number of carbonyl (C=O) groups excluding carboxylic acids is 4. The molecule has 2 aliphatic rings. The van der Waals surface area contributed by atoms with E-state index in [9.17, 15) is 19.2 Å². The van der Waals surface area contributed by atoms with Gasteiger partial charge in [0.1, 0.15) is 0 Å². The molecule has 1 fully saturated rings. The maximum absolute atomic E-state index is 13.3. The van der Waals surface area contributed by atoms with Crippen molar-refractivity contribution in [3.05, 3.63) is 106 Å². The summed E-state index contributed by atoms with van der Waals surface area (Å²) in [6.07, 6.45) is 1.24. The fourth-order valence-corrected chi connectivity index (χ4v) is 4.98. The van der Waals surface area contributed by atoms with Crippen molar-refractivity contribution >= 4 is 23.6 Å². The Morgan fingerprint density at radius 1 is 0.703 bits per heavy atom. The van der Waals surface area contributed by atoms with Gasteiger partial charge in [0.15, 0.2) is 0 Å². The van der Waals surface area contributed by atoms with E-state index in [2.05, 4.69) is 0 Å². The van der Waals surface area contributed by atoms with Crippen molar-refractivity contribution in [2.24, 2.45) is 0 Å². The summed E-state index contributed by atoms with van der Waals surface area (Å²) < 4.78 is 0. The Balaban J connectivity index is 1.25. The molecule has 1 saturated heterocycles. The van der Waals surface area contributed by atoms with Gasteiger partial charge in [-0.2, -0.15) is 0 Å². The van der Waals surface area contributed by atoms with Gasteiger partial charge < -0.3 is 9.80 Å². The number of imide groups is 1. The number of benzene rings is 3. The van der Waals surface area contributed by atoms with Crippen molar-refractivity contribution in [2.45, 2.75) is 19.8 Å². The first kappa shape index (κ1) is 24.4. The highest BCUT2D eigenvalue weighted by atomic mass is 16.2. The van der Waals surface area contributed by atoms with Gasteiger partial charge in [-0.25, -0.2) is 0 Å². The first-order chi connectivity index (χ1) is 17.9. The number of hydrogen-bond donors (Lipinski definition) is 0. The van der Waals surface area contributed by atoms with Crippen molar-refractivity contribution in [2.75, 3.05) is 32.7 Å². The summed E-state index contributed by atoms with van der Waals surface area (Å²) in [5, 5.41) is 0. The van der Waals surface area contributed by atoms with Gasteiger partial charge in [0.2, 0.25) is 0 Å². The molecule has 2 aliphatic heterocycles. The van der Waals surface area contributed by atoms with Gasteiger partial charge in [-0.1, -0.05) is 48.0 Å². The van der Waals surface area contributed by atoms with Crippen LogP contribution in [0.25, 0.3) is 0 Å². The van der Waals surface area contributed by atoms with E-state index in [0.717, 1.165) is 11.1 Å². The Morgan fingerprint density at radius 2 is 1.35 bits per heavy atom. The lowest BCUT2D eigenvalue weighted by molar-refractivity contribution is 0.0655. The van der Waals surface area contributed by atoms with E-state index in [1.54, 1.807) is 28.0 Å². The summed E-state index contributed by atoms with van der Waals surface area (Å²) in [4.78, 5) is 57.0. The number of nitrogens with zero attached hydrogens (tertiary/aromatic N) is 3. The lowest BCUT2D eigenvalue weighted by atomic mass is 10.0. The fourth-order valence-electron chi connectivity index (χ4n) is 4.98. The largest absolute Gasteiger partial charge is 0.337 e. The predicted octanol–water partition coefficient (Wildman–Crippen LogP) is 3.82. The molecule has 0 bridgehead atoms. The van der Waals surface area contributed by atoms with Gasteiger partial charge in [-0.05, 0) is 55.7 Å². The highest BCUT2D eigenvalue weighted by Gasteiger charge is 2.36. The average Bonchev–Trinajstić information content (AvgIpc) is 3.07. The van der Waals surface area contributed by atoms with E-state index >= 15 is 0 Å². The summed E-state index contributed by atoms with van der Waals surface area (Å²) in [7, 11) is 0. The molecule has 5 rings (SSSR count). The summed E-state index contributed by atoms with van der Waals surface area (Å²) in [6, 6.07) is 22.0. The first-order valence-corrected chi connectivity index (χ1v) is 12.6. The Morgan fingerprint density at radius 3 is 2.03 bits per heavy atom. The molecular weight excluding hydrogens is 466 g/mol. The molecule has 0 spiro atoms. The third-order valence-corrected chi connectivity index (χ3v) is 7.02. The minimum atomic E-state index is -0.364. The zero-order valence-electron chi connectivity index (χ0n) is 20.9. The smallest absolute Gasteiger partial charge is 0.261 e. The van der Waals surface area contributed by atoms with Crippen LogP contribution < -0.4 is 0 Å². The summed E-state index contributed by atoms with van der Waals surface area (Å²) in [5.74, 6) is -0.919. The maximum atomic E-state index is 13.3. The number of aryl methyl sites for hydroxylation is 1. The number of hydrogen-bond acceptors (Lipinski definition) is 4. The van der Waals surface area contributed by atoms with Crippen LogP contribution in [0, 0.1) is 6.92 Å². The number of amides is 4. The maximum Gasteiger partial charge on any atom is 0.261 e. The second-order valence-electron chi connectivity index (χ2n) is 9.57. The van der Waals surface area contributed by atoms with Crippen molar-refractivity contribution in [3.8, 4) is 0 Å². The quantitative estimate of drug-likeness (QED) is 0.504. The molecule has 0 aromatic heterocycles. The Labute approximate surface area is 216 Å². The molecule has 0 atom stereocenters. The highest BCUT2D eigenvalue weighted by molar-refractivity contribution is 6.22. The summed E-state index contributed by atoms with van der Waals surface area (Å²) in [6.45, 7) is 4.18. The molecule has 0 aliphatic carbocycles. The molecule has 37 heavy (non-hydrogen) atoms. The molecule has 7 heteroatoms. The van der Waals surface area contributed by atoms with E-state index in [0.29, 0.717) is 55.7 Å². The van der Waals surface area contributed by atoms with Crippen LogP contribution >= 0.6 is 0 Å². The van der Waals surface area contributed by atoms with E-state index in [4.69, 9.17) is 0 Å². The molecule has 7 nitrogen and oxygen atoms in total. The van der Waals surface area contributed by atoms with Crippen LogP contribution in [0.3, 0.4) is 0 Å². The average molecular weight is 496 g/mol. The van der Waals surface area contributed by atoms with Gasteiger partial charge in [0.25, 0.3) is 23.6 Å². The molecule has 0 unspecified atom stereocenters. The summed E-state index contributed by atoms with van der Waals surface area (Å²) >= 11 is 0. The molecule has 4 amide bonds. The van der Waals surface area contributed by atoms with Gasteiger partial charge in [-0.15, -0.1) is 0 Å². The zero-order valence-corrected chi connectivity index (χ0v) is 20.9. The van der Waals surface area contributed by atoms with Crippen molar-refractivity contribution < 1.29 is 19.2 Å². The van der Waals surface area contributed by atoms with Gasteiger partial charge in [0, 0.05) is 43.9 Å². The second-order valence-corrected chi connectivity index (χ2v) is 9.57. The summed E-state index contributed by atoms with van der Waals surface area (Å²) in [5.41, 5.74) is 3.71. The van der Waals surface area contributed by atoms with Crippen LogP contribution in [0.15, 0.2) is 72.8 Å². The SMILES string of the molecule is Cc1cccc(C(=O)N2CCCN(C(=O)c3ccc4c(c3)C(=O)N(CCc3ccccc3)C4=O)CC2)c1. The third kappa shape index (κ3) is 5.03. The molecule has 0 N–H and O–H groups in total. The molecule has 0 saturated carbocycles. The number of rotatable bonds is 5. The Hall–Kier alpha value is -4.26. The molecular formula is C30H29N3O4. The minimum absolute atomic E-state index is 0.0322. The van der Waals surface area contributed by atoms with Gasteiger partial charge in [0.05, 0.1) is 11.1 Å². The monoisotopic (exact) mass is 495 g/mol. The first-order valence-electron chi connectivity index (χ1n) is 12.6. The van der Waals surface area contributed by atoms with Crippen LogP contribution in [0.1, 0.15) is 59.0 Å². The highest BCUT2D eigenvalue weighted by Crippen LogP contribution is 2.25. The zero-order chi connectivity index (χ0) is 25.9. The van der Waals surface area contributed by atoms with E-state index in [1.165, 1.54) is 4.90 Å². The molecule has 188 valence electrons. The molecule has 2 heterocycles. The molecule has 0 radical (unpaired) electrons. The van der Waals surface area contributed by atoms with Gasteiger partial charge >= 0.3 is 0 Å². The van der Waals surface area contributed by atoms with E-state index < -0.39 is 0 Å². The lowest BCUT2D eigenvalue weighted by Gasteiger charge is -2.22. The standard InChI is InChI=1S/C30H29N3O4/c1-21-7-5-10-23(19-21)27(34)31-14-6-15-32(18-17-31)28(35)24-11-12-25-26(20-24)30(37)33(29(25)36)16-13-22-8-3-2-4-9-22/h2-5,7-12,19-20H,6,13-18H2,1H3. The minimum Gasteiger partial charge on any atom is -0.337 e. The lowest BCUT2D eigenvalue weighted by Crippen LogP contribution is -2.37. The van der Waals surface area contributed by atoms with Crippen LogP contribution in [-0.2, 0) is 6.42 Å². The third-order valence-electron chi connectivity index (χ3n) is 7.02. The Bertz CT molecular complexity index is 1370. The van der Waals surface area contributed by atoms with E-state index in [1.807, 2.05) is 61.5 Å². The number of carbonyl (C=O) groups is 4. The Kier molecular flexibility index (Phi) is 6.86. The fraction of sp³-hybridized carbons (Fsp3) is 0.267. The second kappa shape index (κ2) is 10.4. The normalized spacial score (nSPS) is 15.5. The molecule has 3 aromatic carbocycles. The van der Waals surface area contributed by atoms with Crippen LogP contribution in [0.4, 0.5) is 0 Å². The molecule has 3 aromatic rings. The van der Waals surface area contributed by atoms with Crippen molar-refractivity contribution in [1.82, 2.24) is 14.7 Å². The predicted molar refractivity (Wildman–Crippen MR) is 140 cm³/mol. The van der Waals surface area contributed by atoms with Crippen LogP contribution in [0.2, 0.25) is 0 Å².